The summed E-state index contributed by atoms with van der Waals surface area (Å²) in [7, 11) is 2.12. The third kappa shape index (κ3) is 11.7. The van der Waals surface area contributed by atoms with Crippen molar-refractivity contribution in [2.75, 3.05) is 0 Å². The highest BCUT2D eigenvalue weighted by molar-refractivity contribution is 4.76. The van der Waals surface area contributed by atoms with Crippen molar-refractivity contribution in [3.8, 4) is 0 Å². The number of hydrogen-bond donors (Lipinski definition) is 1. The monoisotopic (exact) mass is 335 g/mol. The Morgan fingerprint density at radius 2 is 1.08 bits per heavy atom. The minimum atomic E-state index is 1.20. The summed E-state index contributed by atoms with van der Waals surface area (Å²) in [4.78, 5) is 3.32. The van der Waals surface area contributed by atoms with Crippen molar-refractivity contribution in [3.05, 3.63) is 18.2 Å². The van der Waals surface area contributed by atoms with Crippen LogP contribution in [0, 0.1) is 0 Å². The van der Waals surface area contributed by atoms with Gasteiger partial charge in [0.25, 0.3) is 5.82 Å². The number of aromatic nitrogens is 2. The molecule has 0 amide bonds. The van der Waals surface area contributed by atoms with Crippen molar-refractivity contribution >= 4 is 0 Å². The normalized spacial score (nSPS) is 11.2. The predicted octanol–water partition coefficient (Wildman–Crippen LogP) is 6.64. The number of imidazole rings is 1. The summed E-state index contributed by atoms with van der Waals surface area (Å²) < 4.78 is 2.20. The van der Waals surface area contributed by atoms with Gasteiger partial charge in [-0.25, -0.2) is 9.55 Å². The van der Waals surface area contributed by atoms with Gasteiger partial charge < -0.3 is 0 Å². The molecule has 1 aromatic heterocycles. The molecule has 0 unspecified atom stereocenters. The lowest BCUT2D eigenvalue weighted by Crippen LogP contribution is -2.30. The van der Waals surface area contributed by atoms with Gasteiger partial charge in [0.15, 0.2) is 0 Å². The summed E-state index contributed by atoms with van der Waals surface area (Å²) in [5.41, 5.74) is 0. The third-order valence-corrected chi connectivity index (χ3v) is 5.24. The molecule has 0 aliphatic heterocycles. The van der Waals surface area contributed by atoms with Crippen LogP contribution in [0.5, 0.6) is 0 Å². The highest BCUT2D eigenvalue weighted by Crippen LogP contribution is 2.13. The van der Waals surface area contributed by atoms with Crippen molar-refractivity contribution in [3.63, 3.8) is 0 Å². The first kappa shape index (κ1) is 21.3. The first-order valence-electron chi connectivity index (χ1n) is 10.9. The number of nitrogens with one attached hydrogen (secondary N) is 1. The average molecular weight is 336 g/mol. The van der Waals surface area contributed by atoms with E-state index < -0.39 is 0 Å². The van der Waals surface area contributed by atoms with E-state index in [1.165, 1.54) is 115 Å². The van der Waals surface area contributed by atoms with Crippen molar-refractivity contribution in [1.29, 1.82) is 0 Å². The van der Waals surface area contributed by atoms with E-state index in [9.17, 15) is 0 Å². The number of aryl methyl sites for hydroxylation is 2. The van der Waals surface area contributed by atoms with Crippen molar-refractivity contribution < 1.29 is 4.57 Å². The number of nitrogens with zero attached hydrogens (tertiary/aromatic N) is 1. The number of aromatic amines is 1. The molecular formula is C22H43N2+. The maximum Gasteiger partial charge on any atom is 0.253 e. The topological polar surface area (TPSA) is 19.7 Å². The van der Waals surface area contributed by atoms with E-state index in [4.69, 9.17) is 0 Å². The lowest BCUT2D eigenvalue weighted by atomic mass is 10.0. The fraction of sp³-hybridized carbons (Fsp3) is 0.864. The molecule has 0 aliphatic rings. The Kier molecular flexibility index (Phi) is 13.9. The molecule has 0 bridgehead atoms. The molecule has 0 saturated carbocycles. The lowest BCUT2D eigenvalue weighted by Gasteiger charge is -2.03. The summed E-state index contributed by atoms with van der Waals surface area (Å²) in [5, 5.41) is 0. The molecule has 1 aromatic rings. The fourth-order valence-electron chi connectivity index (χ4n) is 3.53. The number of hydrogen-bond acceptors (Lipinski definition) is 0. The van der Waals surface area contributed by atoms with Gasteiger partial charge in [0.1, 0.15) is 12.4 Å². The summed E-state index contributed by atoms with van der Waals surface area (Å²) in [5.74, 6) is 1.36. The van der Waals surface area contributed by atoms with Crippen LogP contribution in [-0.2, 0) is 13.5 Å². The Labute approximate surface area is 151 Å². The maximum absolute atomic E-state index is 3.32. The zero-order valence-corrected chi connectivity index (χ0v) is 16.6. The summed E-state index contributed by atoms with van der Waals surface area (Å²) in [6.45, 7) is 2.30. The minimum absolute atomic E-state index is 1.20. The van der Waals surface area contributed by atoms with Gasteiger partial charge in [-0.3, -0.25) is 0 Å². The number of H-pyrrole nitrogens is 1. The minimum Gasteiger partial charge on any atom is -0.248 e. The van der Waals surface area contributed by atoms with Gasteiger partial charge in [-0.1, -0.05) is 103 Å². The zero-order valence-electron chi connectivity index (χ0n) is 16.6. The molecule has 1 N–H and O–H groups in total. The van der Waals surface area contributed by atoms with Gasteiger partial charge in [-0.05, 0) is 6.42 Å². The predicted molar refractivity (Wildman–Crippen MR) is 105 cm³/mol. The molecule has 1 rings (SSSR count). The number of unbranched alkanes of at least 4 members (excludes halogenated alkanes) is 15. The second-order valence-corrected chi connectivity index (χ2v) is 7.57. The molecule has 0 aliphatic carbocycles. The average Bonchev–Trinajstić information content (AvgIpc) is 2.99. The lowest BCUT2D eigenvalue weighted by molar-refractivity contribution is -0.677. The fourth-order valence-corrected chi connectivity index (χ4v) is 3.53. The van der Waals surface area contributed by atoms with Gasteiger partial charge >= 0.3 is 0 Å². The molecule has 0 saturated heterocycles. The Balaban J connectivity index is 1.71. The molecule has 2 heteroatoms. The van der Waals surface area contributed by atoms with Crippen molar-refractivity contribution in [1.82, 2.24) is 4.98 Å². The van der Waals surface area contributed by atoms with E-state index in [1.807, 2.05) is 6.20 Å². The number of rotatable bonds is 17. The van der Waals surface area contributed by atoms with Crippen LogP contribution in [0.4, 0.5) is 0 Å². The van der Waals surface area contributed by atoms with Crippen molar-refractivity contribution in [2.45, 2.75) is 116 Å². The van der Waals surface area contributed by atoms with E-state index in [0.29, 0.717) is 0 Å². The molecule has 0 atom stereocenters. The first-order chi connectivity index (χ1) is 11.8. The van der Waals surface area contributed by atoms with Gasteiger partial charge in [0.05, 0.1) is 7.05 Å². The van der Waals surface area contributed by atoms with E-state index in [1.54, 1.807) is 0 Å². The molecule has 0 fully saturated rings. The maximum atomic E-state index is 3.32. The van der Waals surface area contributed by atoms with Crippen LogP contribution in [0.1, 0.15) is 115 Å². The van der Waals surface area contributed by atoms with Crippen LogP contribution < -0.4 is 4.57 Å². The summed E-state index contributed by atoms with van der Waals surface area (Å²) in [6.07, 6.45) is 28.4. The molecule has 24 heavy (non-hydrogen) atoms. The highest BCUT2D eigenvalue weighted by atomic mass is 15.0. The third-order valence-electron chi connectivity index (χ3n) is 5.24. The highest BCUT2D eigenvalue weighted by Gasteiger charge is 2.04. The van der Waals surface area contributed by atoms with Crippen LogP contribution in [0.25, 0.3) is 0 Å². The van der Waals surface area contributed by atoms with Gasteiger partial charge in [-0.2, -0.15) is 0 Å². The Hall–Kier alpha value is -0.790. The second kappa shape index (κ2) is 15.7. The van der Waals surface area contributed by atoms with Gasteiger partial charge in [-0.15, -0.1) is 0 Å². The summed E-state index contributed by atoms with van der Waals surface area (Å²) in [6, 6.07) is 0. The zero-order chi connectivity index (χ0) is 17.3. The molecule has 2 nitrogen and oxygen atoms in total. The molecule has 0 aromatic carbocycles. The standard InChI is InChI=1S/C22H42N2/c1-3-4-5-6-7-8-9-10-11-12-13-14-15-16-17-18-19-22-23-20-21-24(22)2/h20-21H,3-19H2,1-2H3/p+1. The molecule has 1 heterocycles. The van der Waals surface area contributed by atoms with E-state index in [0.717, 1.165) is 0 Å². The second-order valence-electron chi connectivity index (χ2n) is 7.57. The molecule has 0 spiro atoms. The van der Waals surface area contributed by atoms with Crippen LogP contribution in [0.2, 0.25) is 0 Å². The quantitative estimate of drug-likeness (QED) is 0.243. The van der Waals surface area contributed by atoms with Gasteiger partial charge in [0.2, 0.25) is 0 Å². The van der Waals surface area contributed by atoms with E-state index >= 15 is 0 Å². The molecule has 140 valence electrons. The molecule has 0 radical (unpaired) electrons. The Morgan fingerprint density at radius 3 is 1.46 bits per heavy atom. The van der Waals surface area contributed by atoms with Crippen LogP contribution in [0.3, 0.4) is 0 Å². The van der Waals surface area contributed by atoms with Crippen molar-refractivity contribution in [2.24, 2.45) is 7.05 Å². The van der Waals surface area contributed by atoms with Crippen LogP contribution in [-0.4, -0.2) is 4.98 Å². The largest absolute Gasteiger partial charge is 0.253 e. The van der Waals surface area contributed by atoms with Crippen LogP contribution in [0.15, 0.2) is 12.4 Å². The van der Waals surface area contributed by atoms with Crippen LogP contribution >= 0.6 is 0 Å². The van der Waals surface area contributed by atoms with Gasteiger partial charge in [0, 0.05) is 6.42 Å². The SMILES string of the molecule is CCCCCCCCCCCCCCCCCCc1[nH]cc[n+]1C. The summed E-state index contributed by atoms with van der Waals surface area (Å²) >= 11 is 0. The Bertz CT molecular complexity index is 370. The first-order valence-corrected chi connectivity index (χ1v) is 10.9. The van der Waals surface area contributed by atoms with E-state index in [2.05, 4.69) is 29.7 Å². The smallest absolute Gasteiger partial charge is 0.248 e. The Morgan fingerprint density at radius 1 is 0.667 bits per heavy atom. The van der Waals surface area contributed by atoms with E-state index in [-0.39, 0.29) is 0 Å². The molecular weight excluding hydrogens is 292 g/mol.